The molecule has 0 heteroatoms. The van der Waals surface area contributed by atoms with E-state index in [1.807, 2.05) is 0 Å². The first-order valence-electron chi connectivity index (χ1n) is 6.59. The molecule has 0 aromatic carbocycles. The largest absolute Gasteiger partial charge is 0.0851 e. The zero-order valence-electron chi connectivity index (χ0n) is 11.3. The zero-order chi connectivity index (χ0) is 11.5. The van der Waals surface area contributed by atoms with Crippen molar-refractivity contribution in [3.8, 4) is 0 Å². The van der Waals surface area contributed by atoms with Gasteiger partial charge in [0.2, 0.25) is 0 Å². The van der Waals surface area contributed by atoms with Crippen LogP contribution in [0.2, 0.25) is 0 Å². The van der Waals surface area contributed by atoms with Crippen molar-refractivity contribution in [3.05, 3.63) is 11.6 Å². The van der Waals surface area contributed by atoms with Gasteiger partial charge >= 0.3 is 0 Å². The monoisotopic (exact) mass is 208 g/mol. The van der Waals surface area contributed by atoms with E-state index in [1.54, 1.807) is 5.57 Å². The van der Waals surface area contributed by atoms with Gasteiger partial charge in [0.15, 0.2) is 0 Å². The molecule has 1 aliphatic rings. The van der Waals surface area contributed by atoms with Crippen LogP contribution in [0.15, 0.2) is 11.6 Å². The number of hydrogen-bond acceptors (Lipinski definition) is 0. The van der Waals surface area contributed by atoms with E-state index in [9.17, 15) is 0 Å². The molecular formula is C15H28. The highest BCUT2D eigenvalue weighted by Crippen LogP contribution is 2.45. The lowest BCUT2D eigenvalue weighted by molar-refractivity contribution is 0.159. The SMILES string of the molecule is CC1=CCC(CC(C)C)(CC(C)C)CC1. The second-order valence-corrected chi connectivity index (χ2v) is 6.45. The van der Waals surface area contributed by atoms with Gasteiger partial charge < -0.3 is 0 Å². The second-order valence-electron chi connectivity index (χ2n) is 6.45. The predicted octanol–water partition coefficient (Wildman–Crippen LogP) is 5.20. The summed E-state index contributed by atoms with van der Waals surface area (Å²) >= 11 is 0. The summed E-state index contributed by atoms with van der Waals surface area (Å²) in [5, 5.41) is 0. The van der Waals surface area contributed by atoms with Crippen LogP contribution in [0.25, 0.3) is 0 Å². The summed E-state index contributed by atoms with van der Waals surface area (Å²) < 4.78 is 0. The molecule has 0 spiro atoms. The normalized spacial score (nSPS) is 20.9. The van der Waals surface area contributed by atoms with Crippen LogP contribution >= 0.6 is 0 Å². The summed E-state index contributed by atoms with van der Waals surface area (Å²) in [7, 11) is 0. The van der Waals surface area contributed by atoms with Crippen LogP contribution in [0.5, 0.6) is 0 Å². The minimum absolute atomic E-state index is 0.627. The maximum absolute atomic E-state index is 2.49. The van der Waals surface area contributed by atoms with E-state index in [4.69, 9.17) is 0 Å². The fourth-order valence-corrected chi connectivity index (χ4v) is 3.24. The van der Waals surface area contributed by atoms with E-state index in [0.29, 0.717) is 5.41 Å². The Morgan fingerprint density at radius 2 is 1.67 bits per heavy atom. The maximum Gasteiger partial charge on any atom is -0.0255 e. The third-order valence-electron chi connectivity index (χ3n) is 3.62. The Morgan fingerprint density at radius 3 is 2.00 bits per heavy atom. The standard InChI is InChI=1S/C15H28/c1-12(2)10-15(11-13(3)4)8-6-14(5)7-9-15/h6,12-13H,7-11H2,1-5H3. The lowest BCUT2D eigenvalue weighted by Crippen LogP contribution is -2.27. The van der Waals surface area contributed by atoms with E-state index in [0.717, 1.165) is 11.8 Å². The Kier molecular flexibility index (Phi) is 4.43. The Morgan fingerprint density at radius 1 is 1.13 bits per heavy atom. The fourth-order valence-electron chi connectivity index (χ4n) is 3.24. The van der Waals surface area contributed by atoms with Crippen molar-refractivity contribution >= 4 is 0 Å². The number of hydrogen-bond donors (Lipinski definition) is 0. The Bertz CT molecular complexity index is 210. The molecule has 1 rings (SSSR count). The molecule has 0 heterocycles. The van der Waals surface area contributed by atoms with Gasteiger partial charge in [0, 0.05) is 0 Å². The van der Waals surface area contributed by atoms with Crippen LogP contribution in [-0.4, -0.2) is 0 Å². The molecular weight excluding hydrogens is 180 g/mol. The van der Waals surface area contributed by atoms with E-state index < -0.39 is 0 Å². The highest BCUT2D eigenvalue weighted by atomic mass is 14.4. The molecule has 0 atom stereocenters. The molecule has 0 saturated carbocycles. The van der Waals surface area contributed by atoms with Crippen molar-refractivity contribution in [3.63, 3.8) is 0 Å². The van der Waals surface area contributed by atoms with Gasteiger partial charge in [0.1, 0.15) is 0 Å². The molecule has 0 unspecified atom stereocenters. The van der Waals surface area contributed by atoms with Gasteiger partial charge in [0.25, 0.3) is 0 Å². The van der Waals surface area contributed by atoms with Crippen molar-refractivity contribution in [2.45, 2.75) is 66.7 Å². The molecule has 0 bridgehead atoms. The molecule has 0 N–H and O–H groups in total. The molecule has 15 heavy (non-hydrogen) atoms. The van der Waals surface area contributed by atoms with Crippen LogP contribution in [0.3, 0.4) is 0 Å². The fraction of sp³-hybridized carbons (Fsp3) is 0.867. The van der Waals surface area contributed by atoms with E-state index >= 15 is 0 Å². The van der Waals surface area contributed by atoms with Crippen molar-refractivity contribution in [1.29, 1.82) is 0 Å². The van der Waals surface area contributed by atoms with Gasteiger partial charge in [0.05, 0.1) is 0 Å². The summed E-state index contributed by atoms with van der Waals surface area (Å²) in [6.07, 6.45) is 9.40. The summed E-state index contributed by atoms with van der Waals surface area (Å²) in [4.78, 5) is 0. The third-order valence-corrected chi connectivity index (χ3v) is 3.62. The van der Waals surface area contributed by atoms with Crippen LogP contribution in [0.4, 0.5) is 0 Å². The lowest BCUT2D eigenvalue weighted by Gasteiger charge is -2.39. The van der Waals surface area contributed by atoms with E-state index in [2.05, 4.69) is 40.7 Å². The molecule has 0 saturated heterocycles. The van der Waals surface area contributed by atoms with Crippen LogP contribution in [-0.2, 0) is 0 Å². The predicted molar refractivity (Wildman–Crippen MR) is 69.0 cm³/mol. The molecule has 0 aliphatic heterocycles. The minimum Gasteiger partial charge on any atom is -0.0851 e. The van der Waals surface area contributed by atoms with Gasteiger partial charge in [-0.2, -0.15) is 0 Å². The number of allylic oxidation sites excluding steroid dienone is 2. The summed E-state index contributed by atoms with van der Waals surface area (Å²) in [5.41, 5.74) is 2.24. The minimum atomic E-state index is 0.627. The van der Waals surface area contributed by atoms with E-state index in [1.165, 1.54) is 32.1 Å². The van der Waals surface area contributed by atoms with Crippen molar-refractivity contribution in [2.75, 3.05) is 0 Å². The van der Waals surface area contributed by atoms with Gasteiger partial charge in [-0.15, -0.1) is 0 Å². The zero-order valence-corrected chi connectivity index (χ0v) is 11.3. The highest BCUT2D eigenvalue weighted by molar-refractivity contribution is 5.07. The average molecular weight is 208 g/mol. The highest BCUT2D eigenvalue weighted by Gasteiger charge is 2.32. The van der Waals surface area contributed by atoms with Crippen LogP contribution in [0, 0.1) is 17.3 Å². The molecule has 0 radical (unpaired) electrons. The van der Waals surface area contributed by atoms with Gasteiger partial charge in [-0.3, -0.25) is 0 Å². The lowest BCUT2D eigenvalue weighted by atomic mass is 9.66. The van der Waals surface area contributed by atoms with E-state index in [-0.39, 0.29) is 0 Å². The molecule has 0 aromatic rings. The number of rotatable bonds is 4. The summed E-state index contributed by atoms with van der Waals surface area (Å²) in [6, 6.07) is 0. The summed E-state index contributed by atoms with van der Waals surface area (Å²) in [6.45, 7) is 11.8. The second kappa shape index (κ2) is 5.18. The first-order chi connectivity index (χ1) is 6.93. The van der Waals surface area contributed by atoms with Gasteiger partial charge in [-0.25, -0.2) is 0 Å². The molecule has 88 valence electrons. The van der Waals surface area contributed by atoms with Crippen LogP contribution < -0.4 is 0 Å². The van der Waals surface area contributed by atoms with Crippen molar-refractivity contribution in [1.82, 2.24) is 0 Å². The Hall–Kier alpha value is -0.260. The molecule has 1 aliphatic carbocycles. The van der Waals surface area contributed by atoms with Crippen molar-refractivity contribution in [2.24, 2.45) is 17.3 Å². The van der Waals surface area contributed by atoms with Crippen LogP contribution in [0.1, 0.15) is 66.7 Å². The van der Waals surface area contributed by atoms with Gasteiger partial charge in [-0.1, -0.05) is 39.3 Å². The smallest absolute Gasteiger partial charge is 0.0255 e. The Balaban J connectivity index is 2.69. The van der Waals surface area contributed by atoms with Gasteiger partial charge in [-0.05, 0) is 56.3 Å². The molecule has 0 amide bonds. The Labute approximate surface area is 96.2 Å². The maximum atomic E-state index is 2.49. The topological polar surface area (TPSA) is 0 Å². The first kappa shape index (κ1) is 12.8. The molecule has 0 fully saturated rings. The van der Waals surface area contributed by atoms with Crippen molar-refractivity contribution < 1.29 is 0 Å². The first-order valence-corrected chi connectivity index (χ1v) is 6.59. The summed E-state index contributed by atoms with van der Waals surface area (Å²) in [5.74, 6) is 1.69. The quantitative estimate of drug-likeness (QED) is 0.557. The third kappa shape index (κ3) is 4.01. The molecule has 0 aromatic heterocycles. The molecule has 0 nitrogen and oxygen atoms in total. The average Bonchev–Trinajstić information content (AvgIpc) is 2.08.